The van der Waals surface area contributed by atoms with Crippen LogP contribution in [0.1, 0.15) is 6.92 Å². The predicted molar refractivity (Wildman–Crippen MR) is 60.3 cm³/mol. The molecule has 0 saturated carbocycles. The Balaban J connectivity index is 2.78. The summed E-state index contributed by atoms with van der Waals surface area (Å²) in [6.07, 6.45) is 0. The van der Waals surface area contributed by atoms with Crippen LogP contribution in [0.15, 0.2) is 24.3 Å². The molecule has 0 bridgehead atoms. The highest BCUT2D eigenvalue weighted by molar-refractivity contribution is 6.30. The number of halogens is 1. The summed E-state index contributed by atoms with van der Waals surface area (Å²) in [6.45, 7) is 0.611. The van der Waals surface area contributed by atoms with Crippen LogP contribution in [0.25, 0.3) is 0 Å². The molecule has 1 aromatic rings. The summed E-state index contributed by atoms with van der Waals surface area (Å²) >= 11 is 5.71. The third-order valence-corrected chi connectivity index (χ3v) is 2.50. The molecule has 0 aliphatic carbocycles. The molecule has 0 fully saturated rings. The highest BCUT2D eigenvalue weighted by atomic mass is 35.5. The molecule has 2 N–H and O–H groups in total. The molecular formula is C11H11ClO5. The molecule has 92 valence electrons. The summed E-state index contributed by atoms with van der Waals surface area (Å²) in [7, 11) is 0. The molecule has 0 aliphatic rings. The Labute approximate surface area is 103 Å². The van der Waals surface area contributed by atoms with Crippen molar-refractivity contribution in [3.63, 3.8) is 0 Å². The lowest BCUT2D eigenvalue weighted by Gasteiger charge is -2.19. The van der Waals surface area contributed by atoms with Crippen molar-refractivity contribution in [3.8, 4) is 5.75 Å². The van der Waals surface area contributed by atoms with E-state index < -0.39 is 24.0 Å². The minimum atomic E-state index is -1.98. The fraction of sp³-hybridized carbons (Fsp3) is 0.273. The Morgan fingerprint density at radius 2 is 1.94 bits per heavy atom. The highest BCUT2D eigenvalue weighted by Gasteiger charge is 2.42. The van der Waals surface area contributed by atoms with E-state index in [2.05, 4.69) is 0 Å². The molecule has 0 radical (unpaired) electrons. The second kappa shape index (κ2) is 5.05. The summed E-state index contributed by atoms with van der Waals surface area (Å²) in [5, 5.41) is 18.1. The summed E-state index contributed by atoms with van der Waals surface area (Å²) in [5.74, 6) is -2.58. The lowest BCUT2D eigenvalue weighted by molar-refractivity contribution is -0.165. The van der Waals surface area contributed by atoms with Gasteiger partial charge in [-0.2, -0.15) is 0 Å². The predicted octanol–water partition coefficient (Wildman–Crippen LogP) is 1.89. The van der Waals surface area contributed by atoms with E-state index in [1.807, 2.05) is 0 Å². The van der Waals surface area contributed by atoms with Gasteiger partial charge in [-0.1, -0.05) is 17.7 Å². The largest absolute Gasteiger partial charge is 0.492 e. The Morgan fingerprint density at radius 3 is 2.41 bits per heavy atom. The Morgan fingerprint density at radius 1 is 1.35 bits per heavy atom. The summed E-state index contributed by atoms with van der Waals surface area (Å²) in [6, 6.07) is 6.29. The van der Waals surface area contributed by atoms with Gasteiger partial charge in [0.15, 0.2) is 5.41 Å². The quantitative estimate of drug-likeness (QED) is 0.788. The molecule has 0 atom stereocenters. The van der Waals surface area contributed by atoms with Gasteiger partial charge in [-0.3, -0.25) is 9.59 Å². The first kappa shape index (κ1) is 13.3. The van der Waals surface area contributed by atoms with Gasteiger partial charge >= 0.3 is 11.9 Å². The first-order valence-corrected chi connectivity index (χ1v) is 5.09. The summed E-state index contributed by atoms with van der Waals surface area (Å²) < 4.78 is 5.13. The number of carboxylic acid groups (broad SMARTS) is 2. The van der Waals surface area contributed by atoms with Crippen molar-refractivity contribution in [3.05, 3.63) is 29.3 Å². The molecule has 1 rings (SSSR count). The minimum Gasteiger partial charge on any atom is -0.492 e. The smallest absolute Gasteiger partial charge is 0.324 e. The van der Waals surface area contributed by atoms with E-state index in [9.17, 15) is 9.59 Å². The van der Waals surface area contributed by atoms with Crippen LogP contribution < -0.4 is 4.74 Å². The third kappa shape index (κ3) is 3.10. The monoisotopic (exact) mass is 258 g/mol. The van der Waals surface area contributed by atoms with E-state index in [4.69, 9.17) is 26.6 Å². The van der Waals surface area contributed by atoms with Crippen LogP contribution in [-0.2, 0) is 9.59 Å². The van der Waals surface area contributed by atoms with Crippen molar-refractivity contribution < 1.29 is 24.5 Å². The van der Waals surface area contributed by atoms with Crippen molar-refractivity contribution in [1.82, 2.24) is 0 Å². The SMILES string of the molecule is CC(COc1cccc(Cl)c1)(C(=O)O)C(=O)O. The van der Waals surface area contributed by atoms with Crippen LogP contribution in [0.3, 0.4) is 0 Å². The molecule has 0 unspecified atom stereocenters. The number of hydrogen-bond donors (Lipinski definition) is 2. The Kier molecular flexibility index (Phi) is 3.96. The zero-order valence-electron chi connectivity index (χ0n) is 9.01. The molecule has 17 heavy (non-hydrogen) atoms. The number of aliphatic carboxylic acids is 2. The Hall–Kier alpha value is -1.75. The van der Waals surface area contributed by atoms with Gasteiger partial charge in [0.25, 0.3) is 0 Å². The van der Waals surface area contributed by atoms with E-state index in [1.165, 1.54) is 6.07 Å². The van der Waals surface area contributed by atoms with Gasteiger partial charge in [-0.05, 0) is 25.1 Å². The van der Waals surface area contributed by atoms with Gasteiger partial charge in [0, 0.05) is 5.02 Å². The average molecular weight is 259 g/mol. The lowest BCUT2D eigenvalue weighted by atomic mass is 9.92. The molecule has 0 saturated heterocycles. The minimum absolute atomic E-state index is 0.325. The molecule has 0 heterocycles. The molecule has 0 amide bonds. The number of carbonyl (C=O) groups is 2. The van der Waals surface area contributed by atoms with E-state index in [-0.39, 0.29) is 0 Å². The van der Waals surface area contributed by atoms with Crippen molar-refractivity contribution in [2.75, 3.05) is 6.61 Å². The zero-order valence-corrected chi connectivity index (χ0v) is 9.77. The molecule has 0 aromatic heterocycles. The van der Waals surface area contributed by atoms with Crippen LogP contribution in [0.4, 0.5) is 0 Å². The Bertz CT molecular complexity index is 429. The van der Waals surface area contributed by atoms with E-state index >= 15 is 0 Å². The average Bonchev–Trinajstić information content (AvgIpc) is 2.25. The van der Waals surface area contributed by atoms with Crippen LogP contribution in [0.2, 0.25) is 5.02 Å². The van der Waals surface area contributed by atoms with Crippen LogP contribution in [0.5, 0.6) is 5.75 Å². The maximum Gasteiger partial charge on any atom is 0.324 e. The van der Waals surface area contributed by atoms with Gasteiger partial charge in [0.05, 0.1) is 0 Å². The maximum atomic E-state index is 10.9. The van der Waals surface area contributed by atoms with Crippen LogP contribution in [-0.4, -0.2) is 28.8 Å². The number of rotatable bonds is 5. The molecular weight excluding hydrogens is 248 g/mol. The standard InChI is InChI=1S/C11H11ClO5/c1-11(9(13)14,10(15)16)6-17-8-4-2-3-7(12)5-8/h2-5H,6H2,1H3,(H,13,14)(H,15,16). The zero-order chi connectivity index (χ0) is 13.1. The van der Waals surface area contributed by atoms with Crippen molar-refractivity contribution in [1.29, 1.82) is 0 Å². The van der Waals surface area contributed by atoms with Crippen molar-refractivity contribution >= 4 is 23.5 Å². The molecule has 1 aromatic carbocycles. The second-order valence-corrected chi connectivity index (χ2v) is 4.12. The normalized spacial score (nSPS) is 10.9. The van der Waals surface area contributed by atoms with Crippen molar-refractivity contribution in [2.24, 2.45) is 5.41 Å². The first-order chi connectivity index (χ1) is 7.86. The maximum absolute atomic E-state index is 10.9. The summed E-state index contributed by atoms with van der Waals surface area (Å²) in [4.78, 5) is 21.7. The van der Waals surface area contributed by atoms with Gasteiger partial charge in [-0.25, -0.2) is 0 Å². The molecule has 6 heteroatoms. The van der Waals surface area contributed by atoms with Crippen molar-refractivity contribution in [2.45, 2.75) is 6.92 Å². The second-order valence-electron chi connectivity index (χ2n) is 3.69. The molecule has 0 spiro atoms. The van der Waals surface area contributed by atoms with Gasteiger partial charge < -0.3 is 14.9 Å². The van der Waals surface area contributed by atoms with Crippen LogP contribution >= 0.6 is 11.6 Å². The van der Waals surface area contributed by atoms with Gasteiger partial charge in [0.2, 0.25) is 0 Å². The van der Waals surface area contributed by atoms with E-state index in [0.29, 0.717) is 10.8 Å². The third-order valence-electron chi connectivity index (χ3n) is 2.27. The first-order valence-electron chi connectivity index (χ1n) is 4.71. The fourth-order valence-corrected chi connectivity index (χ4v) is 1.18. The lowest BCUT2D eigenvalue weighted by Crippen LogP contribution is -2.41. The van der Waals surface area contributed by atoms with E-state index in [0.717, 1.165) is 6.92 Å². The molecule has 5 nitrogen and oxygen atoms in total. The number of benzene rings is 1. The van der Waals surface area contributed by atoms with Gasteiger partial charge in [0.1, 0.15) is 12.4 Å². The van der Waals surface area contributed by atoms with Gasteiger partial charge in [-0.15, -0.1) is 0 Å². The summed E-state index contributed by atoms with van der Waals surface area (Å²) in [5.41, 5.74) is -1.98. The fourth-order valence-electron chi connectivity index (χ4n) is 0.999. The van der Waals surface area contributed by atoms with Crippen LogP contribution in [0, 0.1) is 5.41 Å². The topological polar surface area (TPSA) is 83.8 Å². The number of hydrogen-bond acceptors (Lipinski definition) is 3. The highest BCUT2D eigenvalue weighted by Crippen LogP contribution is 2.22. The molecule has 0 aliphatic heterocycles. The number of carboxylic acids is 2. The number of ether oxygens (including phenoxy) is 1. The van der Waals surface area contributed by atoms with E-state index in [1.54, 1.807) is 18.2 Å².